The first-order valence-corrected chi connectivity index (χ1v) is 11.5. The molecular weight excluding hydrogens is 476 g/mol. The van der Waals surface area contributed by atoms with Gasteiger partial charge in [0, 0.05) is 18.0 Å². The minimum absolute atomic E-state index is 0.0997. The van der Waals surface area contributed by atoms with E-state index in [2.05, 4.69) is 4.98 Å². The van der Waals surface area contributed by atoms with Crippen LogP contribution in [0.5, 0.6) is 28.7 Å². The highest BCUT2D eigenvalue weighted by molar-refractivity contribution is 6.27. The van der Waals surface area contributed by atoms with Crippen molar-refractivity contribution in [3.63, 3.8) is 0 Å². The summed E-state index contributed by atoms with van der Waals surface area (Å²) in [6.07, 6.45) is 3.26. The Bertz CT molecular complexity index is 1560. The van der Waals surface area contributed by atoms with Crippen LogP contribution >= 0.6 is 0 Å². The van der Waals surface area contributed by atoms with Crippen LogP contribution in [0, 0.1) is 0 Å². The Balaban J connectivity index is 1.62. The van der Waals surface area contributed by atoms with Crippen molar-refractivity contribution in [2.24, 2.45) is 0 Å². The molecule has 1 aromatic heterocycles. The third-order valence-electron chi connectivity index (χ3n) is 6.61. The number of amides is 2. The minimum atomic E-state index is -0.389. The van der Waals surface area contributed by atoms with Crippen LogP contribution in [-0.4, -0.2) is 49.8 Å². The number of carbonyl (C=O) groups excluding carboxylic acids is 2. The molecular formula is C28H22N2O7. The largest absolute Gasteiger partial charge is 0.493 e. The molecule has 0 aliphatic carbocycles. The third-order valence-corrected chi connectivity index (χ3v) is 6.61. The summed E-state index contributed by atoms with van der Waals surface area (Å²) in [6, 6.07) is 12.5. The van der Waals surface area contributed by atoms with E-state index in [1.807, 2.05) is 12.1 Å². The molecule has 0 saturated carbocycles. The highest BCUT2D eigenvalue weighted by atomic mass is 16.7. The second-order valence-corrected chi connectivity index (χ2v) is 8.57. The lowest BCUT2D eigenvalue weighted by molar-refractivity contribution is 0.0642. The summed E-state index contributed by atoms with van der Waals surface area (Å²) in [7, 11) is 4.57. The van der Waals surface area contributed by atoms with Crippen LogP contribution in [-0.2, 0) is 6.54 Å². The van der Waals surface area contributed by atoms with E-state index in [1.165, 1.54) is 26.2 Å². The van der Waals surface area contributed by atoms with Crippen molar-refractivity contribution in [2.45, 2.75) is 6.54 Å². The lowest BCUT2D eigenvalue weighted by atomic mass is 9.90. The van der Waals surface area contributed by atoms with Crippen LogP contribution < -0.4 is 23.7 Å². The number of aromatic nitrogens is 1. The van der Waals surface area contributed by atoms with Crippen molar-refractivity contribution < 1.29 is 33.3 Å². The Morgan fingerprint density at radius 1 is 0.838 bits per heavy atom. The summed E-state index contributed by atoms with van der Waals surface area (Å²) in [5, 5.41) is 1.46. The molecule has 9 nitrogen and oxygen atoms in total. The molecule has 3 heterocycles. The molecule has 0 bridgehead atoms. The maximum atomic E-state index is 13.9. The fraction of sp³-hybridized carbons (Fsp3) is 0.179. The molecule has 186 valence electrons. The number of fused-ring (bicyclic) bond motifs is 3. The lowest BCUT2D eigenvalue weighted by Gasteiger charge is -2.17. The van der Waals surface area contributed by atoms with Gasteiger partial charge in [-0.25, -0.2) is 0 Å². The Morgan fingerprint density at radius 3 is 2.16 bits per heavy atom. The zero-order valence-corrected chi connectivity index (χ0v) is 20.4. The third kappa shape index (κ3) is 3.50. The molecule has 37 heavy (non-hydrogen) atoms. The number of imide groups is 1. The quantitative estimate of drug-likeness (QED) is 0.360. The van der Waals surface area contributed by atoms with Gasteiger partial charge in [0.1, 0.15) is 0 Å². The van der Waals surface area contributed by atoms with Crippen molar-refractivity contribution in [1.82, 2.24) is 9.88 Å². The lowest BCUT2D eigenvalue weighted by Crippen LogP contribution is -2.29. The van der Waals surface area contributed by atoms with Crippen molar-refractivity contribution in [3.05, 3.63) is 71.5 Å². The smallest absolute Gasteiger partial charge is 0.262 e. The van der Waals surface area contributed by atoms with E-state index in [1.54, 1.807) is 42.7 Å². The van der Waals surface area contributed by atoms with E-state index in [9.17, 15) is 9.59 Å². The number of hydrogen-bond acceptors (Lipinski definition) is 8. The maximum Gasteiger partial charge on any atom is 0.262 e. The molecule has 9 heteroatoms. The van der Waals surface area contributed by atoms with E-state index < -0.39 is 0 Å². The standard InChI is InChI=1S/C28H22N2O7/c1-33-22-10-17(11-23(34-2)26(22)35-3)24-18-12-21-20(36-14-37-21)9-16(18)8-19-25(24)28(32)30(27(19)31)13-15-4-6-29-7-5-15/h4-12H,13-14H2,1-3H3. The zero-order chi connectivity index (χ0) is 25.7. The molecule has 0 saturated heterocycles. The number of carbonyl (C=O) groups is 2. The van der Waals surface area contributed by atoms with Gasteiger partial charge in [0.2, 0.25) is 12.5 Å². The van der Waals surface area contributed by atoms with E-state index in [-0.39, 0.29) is 25.2 Å². The van der Waals surface area contributed by atoms with Crippen LogP contribution in [0.2, 0.25) is 0 Å². The molecule has 3 aromatic carbocycles. The molecule has 0 atom stereocenters. The van der Waals surface area contributed by atoms with Gasteiger partial charge in [0.15, 0.2) is 23.0 Å². The topological polar surface area (TPSA) is 96.4 Å². The van der Waals surface area contributed by atoms with E-state index >= 15 is 0 Å². The van der Waals surface area contributed by atoms with Gasteiger partial charge in [-0.1, -0.05) is 0 Å². The second-order valence-electron chi connectivity index (χ2n) is 8.57. The monoisotopic (exact) mass is 498 g/mol. The maximum absolute atomic E-state index is 13.9. The number of pyridine rings is 1. The van der Waals surface area contributed by atoms with Gasteiger partial charge >= 0.3 is 0 Å². The first kappa shape index (κ1) is 22.7. The van der Waals surface area contributed by atoms with Gasteiger partial charge in [0.05, 0.1) is 39.0 Å². The fourth-order valence-corrected chi connectivity index (χ4v) is 4.89. The van der Waals surface area contributed by atoms with Crippen LogP contribution in [0.15, 0.2) is 54.9 Å². The Kier molecular flexibility index (Phi) is 5.33. The number of hydrogen-bond donors (Lipinski definition) is 0. The first-order valence-electron chi connectivity index (χ1n) is 11.5. The van der Waals surface area contributed by atoms with Crippen molar-refractivity contribution >= 4 is 22.6 Å². The summed E-state index contributed by atoms with van der Waals surface area (Å²) in [5.74, 6) is 1.65. The summed E-state index contributed by atoms with van der Waals surface area (Å²) in [4.78, 5) is 32.7. The Hall–Kier alpha value is -4.79. The fourth-order valence-electron chi connectivity index (χ4n) is 4.89. The highest BCUT2D eigenvalue weighted by Gasteiger charge is 2.39. The number of rotatable bonds is 6. The van der Waals surface area contributed by atoms with E-state index in [0.29, 0.717) is 51.0 Å². The van der Waals surface area contributed by atoms with Crippen LogP contribution in [0.4, 0.5) is 0 Å². The molecule has 0 spiro atoms. The molecule has 0 N–H and O–H groups in total. The van der Waals surface area contributed by atoms with E-state index in [0.717, 1.165) is 16.3 Å². The number of ether oxygens (including phenoxy) is 5. The van der Waals surface area contributed by atoms with E-state index in [4.69, 9.17) is 23.7 Å². The van der Waals surface area contributed by atoms with Gasteiger partial charge in [-0.3, -0.25) is 19.5 Å². The van der Waals surface area contributed by atoms with Crippen molar-refractivity contribution in [3.8, 4) is 39.9 Å². The molecule has 2 aliphatic rings. The molecule has 2 amide bonds. The first-order chi connectivity index (χ1) is 18.0. The predicted octanol–water partition coefficient (Wildman–Crippen LogP) is 4.45. The average molecular weight is 498 g/mol. The molecule has 6 rings (SSSR count). The number of nitrogens with zero attached hydrogens (tertiary/aromatic N) is 2. The predicted molar refractivity (Wildman–Crippen MR) is 134 cm³/mol. The summed E-state index contributed by atoms with van der Waals surface area (Å²) in [5.41, 5.74) is 2.61. The van der Waals surface area contributed by atoms with Gasteiger partial charge < -0.3 is 23.7 Å². The summed E-state index contributed by atoms with van der Waals surface area (Å²) >= 11 is 0. The highest BCUT2D eigenvalue weighted by Crippen LogP contribution is 2.48. The minimum Gasteiger partial charge on any atom is -0.493 e. The van der Waals surface area contributed by atoms with Crippen molar-refractivity contribution in [1.29, 1.82) is 0 Å². The van der Waals surface area contributed by atoms with Crippen LogP contribution in [0.25, 0.3) is 21.9 Å². The van der Waals surface area contributed by atoms with Gasteiger partial charge in [0.25, 0.3) is 11.8 Å². The molecule has 0 unspecified atom stereocenters. The van der Waals surface area contributed by atoms with Gasteiger partial charge in [-0.2, -0.15) is 0 Å². The number of methoxy groups -OCH3 is 3. The molecule has 4 aromatic rings. The summed E-state index contributed by atoms with van der Waals surface area (Å²) in [6.45, 7) is 0.227. The van der Waals surface area contributed by atoms with Crippen LogP contribution in [0.3, 0.4) is 0 Å². The van der Waals surface area contributed by atoms with Gasteiger partial charge in [-0.15, -0.1) is 0 Å². The zero-order valence-electron chi connectivity index (χ0n) is 20.4. The summed E-state index contributed by atoms with van der Waals surface area (Å²) < 4.78 is 27.9. The Morgan fingerprint density at radius 2 is 1.51 bits per heavy atom. The SMILES string of the molecule is COc1cc(-c2c3c(cc4cc5c(cc24)OCO5)C(=O)N(Cc2ccncc2)C3=O)cc(OC)c1OC. The molecule has 2 aliphatic heterocycles. The Labute approximate surface area is 212 Å². The normalized spacial score (nSPS) is 13.8. The second kappa shape index (κ2) is 8.70. The molecule has 0 radical (unpaired) electrons. The van der Waals surface area contributed by atoms with Crippen LogP contribution in [0.1, 0.15) is 26.3 Å². The average Bonchev–Trinajstić information content (AvgIpc) is 3.48. The molecule has 0 fully saturated rings. The van der Waals surface area contributed by atoms with Crippen molar-refractivity contribution in [2.75, 3.05) is 28.1 Å². The van der Waals surface area contributed by atoms with Gasteiger partial charge in [-0.05, 0) is 64.4 Å². The number of benzene rings is 3.